The van der Waals surface area contributed by atoms with Crippen molar-refractivity contribution in [2.75, 3.05) is 0 Å². The van der Waals surface area contributed by atoms with E-state index in [2.05, 4.69) is 6.92 Å². The van der Waals surface area contributed by atoms with Crippen LogP contribution in [0.1, 0.15) is 31.7 Å². The molecular formula is C13H16ClFO. The molecule has 1 saturated carbocycles. The molecule has 1 aromatic carbocycles. The largest absolute Gasteiger partial charge is 0.390 e. The van der Waals surface area contributed by atoms with Crippen LogP contribution in [0.15, 0.2) is 18.2 Å². The Morgan fingerprint density at radius 2 is 2.31 bits per heavy atom. The van der Waals surface area contributed by atoms with Crippen LogP contribution in [0.4, 0.5) is 4.39 Å². The fraction of sp³-hybridized carbons (Fsp3) is 0.538. The lowest BCUT2D eigenvalue weighted by Gasteiger charge is -2.23. The van der Waals surface area contributed by atoms with Crippen molar-refractivity contribution in [2.45, 2.75) is 38.2 Å². The highest BCUT2D eigenvalue weighted by Crippen LogP contribution is 2.38. The van der Waals surface area contributed by atoms with E-state index in [4.69, 9.17) is 11.6 Å². The maximum atomic E-state index is 13.6. The first-order chi connectivity index (χ1) is 7.50. The van der Waals surface area contributed by atoms with Gasteiger partial charge in [-0.15, -0.1) is 0 Å². The SMILES string of the molecule is CC1CCC(O)(Cc2c(F)cccc2Cl)C1. The molecule has 0 spiro atoms. The Morgan fingerprint density at radius 3 is 2.88 bits per heavy atom. The lowest BCUT2D eigenvalue weighted by molar-refractivity contribution is 0.0438. The molecule has 2 rings (SSSR count). The highest BCUT2D eigenvalue weighted by atomic mass is 35.5. The molecular weight excluding hydrogens is 227 g/mol. The summed E-state index contributed by atoms with van der Waals surface area (Å²) in [5.74, 6) is 0.191. The van der Waals surface area contributed by atoms with Crippen LogP contribution >= 0.6 is 11.6 Å². The molecule has 0 heterocycles. The molecule has 2 atom stereocenters. The van der Waals surface area contributed by atoms with E-state index < -0.39 is 5.60 Å². The Kier molecular flexibility index (Phi) is 3.22. The van der Waals surface area contributed by atoms with Gasteiger partial charge in [-0.3, -0.25) is 0 Å². The molecule has 16 heavy (non-hydrogen) atoms. The third kappa shape index (κ3) is 2.38. The molecule has 0 aromatic heterocycles. The maximum absolute atomic E-state index is 13.6. The van der Waals surface area contributed by atoms with Crippen LogP contribution in [-0.4, -0.2) is 10.7 Å². The first kappa shape index (κ1) is 11.9. The van der Waals surface area contributed by atoms with Gasteiger partial charge < -0.3 is 5.11 Å². The Labute approximate surface area is 100 Å². The highest BCUT2D eigenvalue weighted by molar-refractivity contribution is 6.31. The number of aliphatic hydroxyl groups is 1. The van der Waals surface area contributed by atoms with Crippen LogP contribution < -0.4 is 0 Å². The van der Waals surface area contributed by atoms with Crippen LogP contribution in [0.5, 0.6) is 0 Å². The smallest absolute Gasteiger partial charge is 0.127 e. The third-order valence-electron chi connectivity index (χ3n) is 3.40. The summed E-state index contributed by atoms with van der Waals surface area (Å²) >= 11 is 5.96. The van der Waals surface area contributed by atoms with Crippen molar-refractivity contribution in [1.29, 1.82) is 0 Å². The first-order valence-corrected chi connectivity index (χ1v) is 6.03. The van der Waals surface area contributed by atoms with Gasteiger partial charge in [-0.1, -0.05) is 24.6 Å². The van der Waals surface area contributed by atoms with Gasteiger partial charge in [-0.05, 0) is 37.3 Å². The highest BCUT2D eigenvalue weighted by Gasteiger charge is 2.36. The zero-order valence-corrected chi connectivity index (χ0v) is 10.1. The van der Waals surface area contributed by atoms with Crippen LogP contribution in [0.2, 0.25) is 5.02 Å². The lowest BCUT2D eigenvalue weighted by atomic mass is 9.92. The van der Waals surface area contributed by atoms with Crippen molar-refractivity contribution in [1.82, 2.24) is 0 Å². The van der Waals surface area contributed by atoms with E-state index >= 15 is 0 Å². The van der Waals surface area contributed by atoms with Gasteiger partial charge in [0.2, 0.25) is 0 Å². The molecule has 1 fully saturated rings. The van der Waals surface area contributed by atoms with E-state index in [1.807, 2.05) is 0 Å². The van der Waals surface area contributed by atoms with Crippen molar-refractivity contribution in [3.8, 4) is 0 Å². The minimum Gasteiger partial charge on any atom is -0.390 e. The summed E-state index contributed by atoms with van der Waals surface area (Å²) in [6.07, 6.45) is 2.79. The summed E-state index contributed by atoms with van der Waals surface area (Å²) in [5.41, 5.74) is -0.327. The summed E-state index contributed by atoms with van der Waals surface area (Å²) in [6.45, 7) is 2.11. The Hall–Kier alpha value is -0.600. The van der Waals surface area contributed by atoms with Crippen molar-refractivity contribution in [2.24, 2.45) is 5.92 Å². The molecule has 0 bridgehead atoms. The van der Waals surface area contributed by atoms with Crippen molar-refractivity contribution < 1.29 is 9.50 Å². The summed E-state index contributed by atoms with van der Waals surface area (Å²) in [7, 11) is 0. The second-order valence-electron chi connectivity index (χ2n) is 4.95. The topological polar surface area (TPSA) is 20.2 Å². The van der Waals surface area contributed by atoms with E-state index in [0.717, 1.165) is 19.3 Å². The molecule has 1 nitrogen and oxygen atoms in total. The molecule has 1 aliphatic rings. The predicted octanol–water partition coefficient (Wildman–Crippen LogP) is 3.57. The molecule has 1 aliphatic carbocycles. The lowest BCUT2D eigenvalue weighted by Crippen LogP contribution is -2.28. The minimum absolute atomic E-state index is 0.319. The summed E-state index contributed by atoms with van der Waals surface area (Å²) in [5, 5.41) is 10.7. The van der Waals surface area contributed by atoms with E-state index in [0.29, 0.717) is 22.9 Å². The zero-order valence-electron chi connectivity index (χ0n) is 9.34. The molecule has 3 heteroatoms. The Bertz CT molecular complexity index is 373. The standard InChI is InChI=1S/C13H16ClFO/c1-9-5-6-13(16,7-9)8-10-11(14)3-2-4-12(10)15/h2-4,9,16H,5-8H2,1H3. The molecule has 0 aliphatic heterocycles. The average molecular weight is 243 g/mol. The van der Waals surface area contributed by atoms with E-state index in [9.17, 15) is 9.50 Å². The van der Waals surface area contributed by atoms with Gasteiger partial charge in [0.25, 0.3) is 0 Å². The van der Waals surface area contributed by atoms with Gasteiger partial charge >= 0.3 is 0 Å². The van der Waals surface area contributed by atoms with Gasteiger partial charge in [0, 0.05) is 17.0 Å². The Morgan fingerprint density at radius 1 is 1.56 bits per heavy atom. The number of rotatable bonds is 2. The molecule has 0 radical (unpaired) electrons. The van der Waals surface area contributed by atoms with Gasteiger partial charge in [0.05, 0.1) is 5.60 Å². The third-order valence-corrected chi connectivity index (χ3v) is 3.75. The van der Waals surface area contributed by atoms with Crippen LogP contribution in [0.3, 0.4) is 0 Å². The molecule has 0 saturated heterocycles. The predicted molar refractivity (Wildman–Crippen MR) is 63.1 cm³/mol. The number of benzene rings is 1. The van der Waals surface area contributed by atoms with Crippen molar-refractivity contribution >= 4 is 11.6 Å². The number of halogens is 2. The fourth-order valence-electron chi connectivity index (χ4n) is 2.56. The van der Waals surface area contributed by atoms with Crippen LogP contribution in [0, 0.1) is 11.7 Å². The first-order valence-electron chi connectivity index (χ1n) is 5.65. The van der Waals surface area contributed by atoms with Crippen molar-refractivity contribution in [3.63, 3.8) is 0 Å². The maximum Gasteiger partial charge on any atom is 0.127 e. The van der Waals surface area contributed by atoms with Gasteiger partial charge in [-0.25, -0.2) is 4.39 Å². The van der Waals surface area contributed by atoms with E-state index in [-0.39, 0.29) is 5.82 Å². The summed E-state index contributed by atoms with van der Waals surface area (Å²) in [6, 6.07) is 4.65. The second-order valence-corrected chi connectivity index (χ2v) is 5.36. The average Bonchev–Trinajstić information content (AvgIpc) is 2.53. The molecule has 2 unspecified atom stereocenters. The molecule has 88 valence electrons. The minimum atomic E-state index is -0.773. The number of hydrogen-bond acceptors (Lipinski definition) is 1. The van der Waals surface area contributed by atoms with Gasteiger partial charge in [-0.2, -0.15) is 0 Å². The number of hydrogen-bond donors (Lipinski definition) is 1. The van der Waals surface area contributed by atoms with Gasteiger partial charge in [0.15, 0.2) is 0 Å². The summed E-state index contributed by atoms with van der Waals surface area (Å²) in [4.78, 5) is 0. The normalized spacial score (nSPS) is 29.6. The second kappa shape index (κ2) is 4.34. The Balaban J connectivity index is 2.21. The quantitative estimate of drug-likeness (QED) is 0.841. The monoisotopic (exact) mass is 242 g/mol. The van der Waals surface area contributed by atoms with Gasteiger partial charge in [0.1, 0.15) is 5.82 Å². The van der Waals surface area contributed by atoms with E-state index in [1.54, 1.807) is 12.1 Å². The van der Waals surface area contributed by atoms with Crippen LogP contribution in [-0.2, 0) is 6.42 Å². The van der Waals surface area contributed by atoms with Crippen LogP contribution in [0.25, 0.3) is 0 Å². The molecule has 0 amide bonds. The molecule has 1 N–H and O–H groups in total. The summed E-state index contributed by atoms with van der Waals surface area (Å²) < 4.78 is 13.6. The molecule has 1 aromatic rings. The van der Waals surface area contributed by atoms with Crippen molar-refractivity contribution in [3.05, 3.63) is 34.6 Å². The zero-order chi connectivity index (χ0) is 11.8. The fourth-order valence-corrected chi connectivity index (χ4v) is 2.79. The van der Waals surface area contributed by atoms with E-state index in [1.165, 1.54) is 6.07 Å².